The number of aliphatic hydroxyl groups excluding tert-OH is 1. The largest absolute Gasteiger partial charge is 0.457 e. The molecule has 2 fully saturated rings. The van der Waals surface area contributed by atoms with E-state index >= 15 is 0 Å². The van der Waals surface area contributed by atoms with Crippen LogP contribution in [0.5, 0.6) is 0 Å². The van der Waals surface area contributed by atoms with Crippen LogP contribution in [-0.4, -0.2) is 92.1 Å². The van der Waals surface area contributed by atoms with Gasteiger partial charge in [-0.1, -0.05) is 25.4 Å². The second kappa shape index (κ2) is 14.1. The fourth-order valence-corrected chi connectivity index (χ4v) is 5.63. The lowest BCUT2D eigenvalue weighted by molar-refractivity contribution is -0.151. The number of likely N-dealkylation sites (tertiary alicyclic amines) is 1. The van der Waals surface area contributed by atoms with Crippen LogP contribution in [-0.2, 0) is 23.8 Å². The van der Waals surface area contributed by atoms with Crippen LogP contribution in [0, 0.1) is 0 Å². The van der Waals surface area contributed by atoms with Gasteiger partial charge in [-0.15, -0.1) is 0 Å². The molecule has 15 nitrogen and oxygen atoms in total. The van der Waals surface area contributed by atoms with E-state index < -0.39 is 30.6 Å². The predicted molar refractivity (Wildman–Crippen MR) is 154 cm³/mol. The van der Waals surface area contributed by atoms with Gasteiger partial charge in [0.25, 0.3) is 12.9 Å². The number of nitrogens with zero attached hydrogens (tertiary/aromatic N) is 6. The van der Waals surface area contributed by atoms with Crippen molar-refractivity contribution >= 4 is 35.9 Å². The Balaban J connectivity index is 1.50. The normalized spacial score (nSPS) is 23.4. The van der Waals surface area contributed by atoms with E-state index in [0.717, 1.165) is 32.5 Å². The molecular formula is C28H40N8O7. The number of hydrogen-bond acceptors (Lipinski definition) is 14. The lowest BCUT2D eigenvalue weighted by Gasteiger charge is -2.26. The molecule has 234 valence electrons. The first-order chi connectivity index (χ1) is 21.0. The number of aromatic nitrogens is 5. The van der Waals surface area contributed by atoms with E-state index in [1.807, 2.05) is 0 Å². The van der Waals surface area contributed by atoms with Crippen molar-refractivity contribution < 1.29 is 33.4 Å². The molecule has 2 aliphatic heterocycles. The van der Waals surface area contributed by atoms with E-state index in [4.69, 9.17) is 28.7 Å². The molecule has 43 heavy (non-hydrogen) atoms. The fourth-order valence-electron chi connectivity index (χ4n) is 5.63. The molecule has 3 N–H and O–H groups in total. The number of anilines is 2. The molecule has 3 aromatic heterocycles. The van der Waals surface area contributed by atoms with E-state index in [-0.39, 0.29) is 30.4 Å². The minimum atomic E-state index is -1.08. The number of imidazole rings is 1. The van der Waals surface area contributed by atoms with Crippen LogP contribution < -0.4 is 10.6 Å². The van der Waals surface area contributed by atoms with Crippen molar-refractivity contribution in [1.82, 2.24) is 29.6 Å². The highest BCUT2D eigenvalue weighted by Crippen LogP contribution is 2.43. The molecule has 0 aliphatic carbocycles. The van der Waals surface area contributed by atoms with Crippen molar-refractivity contribution in [2.45, 2.75) is 89.6 Å². The molecule has 0 aromatic carbocycles. The number of rotatable bonds is 15. The lowest BCUT2D eigenvalue weighted by Crippen LogP contribution is -2.34. The molecule has 1 unspecified atom stereocenters. The number of hydrogen-bond donors (Lipinski definition) is 3. The zero-order chi connectivity index (χ0) is 30.3. The summed E-state index contributed by atoms with van der Waals surface area (Å²) in [6.45, 7) is 9.97. The number of ether oxygens (including phenoxy) is 3. The van der Waals surface area contributed by atoms with Crippen LogP contribution in [0.1, 0.15) is 82.8 Å². The van der Waals surface area contributed by atoms with Gasteiger partial charge >= 0.3 is 0 Å². The number of aliphatic hydroxyl groups is 1. The number of nitrogens with one attached hydrogen (secondary N) is 2. The highest BCUT2D eigenvalue weighted by molar-refractivity contribution is 5.84. The number of carbonyl (C=O) groups excluding carboxylic acids is 2. The third-order valence-corrected chi connectivity index (χ3v) is 8.05. The van der Waals surface area contributed by atoms with Gasteiger partial charge in [0.1, 0.15) is 5.69 Å². The minimum absolute atomic E-state index is 0.169. The summed E-state index contributed by atoms with van der Waals surface area (Å²) >= 11 is 0. The first-order valence-corrected chi connectivity index (χ1v) is 14.9. The van der Waals surface area contributed by atoms with Crippen LogP contribution in [0.15, 0.2) is 16.9 Å². The van der Waals surface area contributed by atoms with Crippen molar-refractivity contribution in [2.24, 2.45) is 0 Å². The molecule has 0 radical (unpaired) electrons. The summed E-state index contributed by atoms with van der Waals surface area (Å²) in [6, 6.07) is 1.68. The molecule has 2 saturated heterocycles. The Morgan fingerprint density at radius 2 is 1.86 bits per heavy atom. The van der Waals surface area contributed by atoms with Crippen molar-refractivity contribution in [1.29, 1.82) is 0 Å². The van der Waals surface area contributed by atoms with Crippen LogP contribution in [0.4, 0.5) is 11.8 Å². The molecule has 0 bridgehead atoms. The van der Waals surface area contributed by atoms with E-state index in [9.17, 15) is 14.7 Å². The molecule has 0 amide bonds. The number of carbonyl (C=O) groups is 2. The Hall–Kier alpha value is -3.82. The highest BCUT2D eigenvalue weighted by atomic mass is 16.6. The average molecular weight is 601 g/mol. The van der Waals surface area contributed by atoms with Gasteiger partial charge in [0, 0.05) is 25.2 Å². The van der Waals surface area contributed by atoms with Gasteiger partial charge in [-0.3, -0.25) is 14.2 Å². The smallest absolute Gasteiger partial charge is 0.293 e. The van der Waals surface area contributed by atoms with E-state index in [1.54, 1.807) is 11.5 Å². The van der Waals surface area contributed by atoms with Crippen molar-refractivity contribution in [3.05, 3.63) is 23.8 Å². The third-order valence-electron chi connectivity index (χ3n) is 8.05. The second-order valence-corrected chi connectivity index (χ2v) is 10.9. The summed E-state index contributed by atoms with van der Waals surface area (Å²) in [5.74, 6) is 1.18. The summed E-state index contributed by atoms with van der Waals surface area (Å²) in [5, 5.41) is 20.7. The molecule has 3 aromatic rings. The van der Waals surface area contributed by atoms with Gasteiger partial charge in [0.2, 0.25) is 5.95 Å². The standard InChI is InChI=1S/C28H40N8O7/c1-4-18(5-2)31-25-21-26(33-28(32-25)29-9-12-35-10-7-6-8-11-35)36(14-30-21)27-24(41-16-38)23(40-15-37)22(42-27)20-13-19(17(3)39)34-43-20/h13-18,22-24,27,39H,4-12H2,1-3H3,(H2,29,31,32,33)/t17?,22-,23+,24-,27-/m1/s1. The van der Waals surface area contributed by atoms with Gasteiger partial charge in [0.05, 0.1) is 12.4 Å². The molecule has 5 rings (SSSR count). The second-order valence-electron chi connectivity index (χ2n) is 10.9. The van der Waals surface area contributed by atoms with E-state index in [0.29, 0.717) is 29.5 Å². The molecule has 0 spiro atoms. The first-order valence-electron chi connectivity index (χ1n) is 14.9. The minimum Gasteiger partial charge on any atom is -0.457 e. The van der Waals surface area contributed by atoms with Gasteiger partial charge in [-0.2, -0.15) is 9.97 Å². The van der Waals surface area contributed by atoms with Crippen LogP contribution in [0.2, 0.25) is 0 Å². The Morgan fingerprint density at radius 3 is 2.53 bits per heavy atom. The van der Waals surface area contributed by atoms with Crippen molar-refractivity contribution in [3.63, 3.8) is 0 Å². The molecular weight excluding hydrogens is 560 g/mol. The van der Waals surface area contributed by atoms with Gasteiger partial charge in [0.15, 0.2) is 47.3 Å². The summed E-state index contributed by atoms with van der Waals surface area (Å²) in [7, 11) is 0. The SMILES string of the molecule is CCC(CC)Nc1nc(NCCN2CCCCC2)nc2c1ncn2[C@@H]1O[C@H](c2cc(C(C)O)no2)[C@H](OC=O)[C@H]1OC=O. The number of fused-ring (bicyclic) bond motifs is 1. The predicted octanol–water partition coefficient (Wildman–Crippen LogP) is 2.72. The maximum Gasteiger partial charge on any atom is 0.293 e. The third kappa shape index (κ3) is 6.73. The Labute approximate surface area is 249 Å². The summed E-state index contributed by atoms with van der Waals surface area (Å²) in [5.41, 5.74) is 1.22. The van der Waals surface area contributed by atoms with Crippen LogP contribution in [0.3, 0.4) is 0 Å². The van der Waals surface area contributed by atoms with Crippen molar-refractivity contribution in [2.75, 3.05) is 36.8 Å². The zero-order valence-corrected chi connectivity index (χ0v) is 24.7. The molecule has 15 heteroatoms. The van der Waals surface area contributed by atoms with Crippen molar-refractivity contribution in [3.8, 4) is 0 Å². The van der Waals surface area contributed by atoms with E-state index in [1.165, 1.54) is 31.7 Å². The average Bonchev–Trinajstić information content (AvgIpc) is 3.75. The van der Waals surface area contributed by atoms with Gasteiger partial charge < -0.3 is 39.4 Å². The zero-order valence-electron chi connectivity index (χ0n) is 24.7. The highest BCUT2D eigenvalue weighted by Gasteiger charge is 2.52. The maximum atomic E-state index is 11.6. The Morgan fingerprint density at radius 1 is 1.12 bits per heavy atom. The molecule has 2 aliphatic rings. The monoisotopic (exact) mass is 600 g/mol. The fraction of sp³-hybridized carbons (Fsp3) is 0.643. The molecule has 0 saturated carbocycles. The van der Waals surface area contributed by atoms with Crippen LogP contribution in [0.25, 0.3) is 11.2 Å². The molecule has 5 atom stereocenters. The molecule has 5 heterocycles. The summed E-state index contributed by atoms with van der Waals surface area (Å²) in [4.78, 5) is 39.7. The Bertz CT molecular complexity index is 1350. The quantitative estimate of drug-likeness (QED) is 0.217. The summed E-state index contributed by atoms with van der Waals surface area (Å²) in [6.07, 6.45) is 1.96. The van der Waals surface area contributed by atoms with Gasteiger partial charge in [-0.05, 0) is 45.7 Å². The topological polar surface area (TPSA) is 179 Å². The van der Waals surface area contributed by atoms with E-state index in [2.05, 4.69) is 39.5 Å². The van der Waals surface area contributed by atoms with Gasteiger partial charge in [-0.25, -0.2) is 4.98 Å². The number of piperidine rings is 1. The lowest BCUT2D eigenvalue weighted by atomic mass is 10.1. The Kier molecular flexibility index (Phi) is 10.0. The van der Waals surface area contributed by atoms with Crippen LogP contribution >= 0.6 is 0 Å². The summed E-state index contributed by atoms with van der Waals surface area (Å²) < 4.78 is 24.1. The maximum absolute atomic E-state index is 11.6. The first kappa shape index (κ1) is 30.6.